The quantitative estimate of drug-likeness (QED) is 0.443. The minimum atomic E-state index is -3.63. The molecule has 1 aliphatic heterocycles. The average Bonchev–Trinajstić information content (AvgIpc) is 2.68. The van der Waals surface area contributed by atoms with Crippen LogP contribution in [0, 0.1) is 12.7 Å². The molecule has 0 saturated heterocycles. The SMILES string of the molecule is Cc1c(F)cccc1Nc1c(Nc2ccc3c(c2O)S(=O)(=O)CCC3)c(=O)c1=O. The fourth-order valence-electron chi connectivity index (χ4n) is 3.45. The molecule has 3 aromatic carbocycles. The molecular formula is C20H17FN2O5S. The molecule has 0 fully saturated rings. The summed E-state index contributed by atoms with van der Waals surface area (Å²) >= 11 is 0. The van der Waals surface area contributed by atoms with Gasteiger partial charge in [-0.05, 0) is 43.5 Å². The maximum Gasteiger partial charge on any atom is 0.253 e. The van der Waals surface area contributed by atoms with Gasteiger partial charge in [-0.3, -0.25) is 9.59 Å². The first-order chi connectivity index (χ1) is 13.7. The zero-order valence-corrected chi connectivity index (χ0v) is 16.2. The number of aryl methyl sites for hydroxylation is 1. The van der Waals surface area contributed by atoms with E-state index in [0.29, 0.717) is 24.1 Å². The molecule has 0 aromatic heterocycles. The van der Waals surface area contributed by atoms with Gasteiger partial charge in [0.15, 0.2) is 15.6 Å². The maximum atomic E-state index is 13.7. The van der Waals surface area contributed by atoms with E-state index in [2.05, 4.69) is 10.6 Å². The molecule has 4 rings (SSSR count). The number of anilines is 4. The number of aromatic hydroxyl groups is 1. The summed E-state index contributed by atoms with van der Waals surface area (Å²) in [6, 6.07) is 7.32. The van der Waals surface area contributed by atoms with Crippen LogP contribution in [0.25, 0.3) is 0 Å². The number of hydrogen-bond donors (Lipinski definition) is 3. The van der Waals surface area contributed by atoms with Crippen molar-refractivity contribution in [3.63, 3.8) is 0 Å². The predicted octanol–water partition coefficient (Wildman–Crippen LogP) is 2.64. The lowest BCUT2D eigenvalue weighted by Crippen LogP contribution is -2.36. The van der Waals surface area contributed by atoms with Crippen LogP contribution in [-0.2, 0) is 16.3 Å². The molecule has 0 aliphatic carbocycles. The number of fused-ring (bicyclic) bond motifs is 1. The number of benzene rings is 2. The number of phenolic OH excluding ortho intramolecular Hbond substituents is 1. The summed E-state index contributed by atoms with van der Waals surface area (Å²) in [5, 5.41) is 15.9. The van der Waals surface area contributed by atoms with E-state index in [4.69, 9.17) is 0 Å². The second-order valence-electron chi connectivity index (χ2n) is 6.94. The highest BCUT2D eigenvalue weighted by molar-refractivity contribution is 7.91. The Labute approximate surface area is 165 Å². The van der Waals surface area contributed by atoms with Crippen LogP contribution >= 0.6 is 0 Å². The number of nitrogens with one attached hydrogen (secondary N) is 2. The highest BCUT2D eigenvalue weighted by Gasteiger charge is 2.30. The molecule has 0 atom stereocenters. The second-order valence-corrected chi connectivity index (χ2v) is 8.99. The van der Waals surface area contributed by atoms with Crippen LogP contribution in [0.3, 0.4) is 0 Å². The fourth-order valence-corrected chi connectivity index (χ4v) is 5.16. The van der Waals surface area contributed by atoms with Crippen LogP contribution in [0.1, 0.15) is 17.5 Å². The molecule has 1 heterocycles. The first-order valence-electron chi connectivity index (χ1n) is 8.91. The van der Waals surface area contributed by atoms with E-state index in [1.165, 1.54) is 25.1 Å². The summed E-state index contributed by atoms with van der Waals surface area (Å²) in [5.41, 5.74) is -0.710. The number of sulfone groups is 1. The third-order valence-electron chi connectivity index (χ3n) is 5.08. The van der Waals surface area contributed by atoms with Gasteiger partial charge in [-0.1, -0.05) is 12.1 Å². The molecule has 9 heteroatoms. The minimum Gasteiger partial charge on any atom is -0.504 e. The first-order valence-corrected chi connectivity index (χ1v) is 10.6. The van der Waals surface area contributed by atoms with Crippen molar-refractivity contribution < 1.29 is 17.9 Å². The standard InChI is InChI=1S/C20H17FN2O5S/c1-10-12(21)5-2-6-13(10)22-15-16(19(26)18(15)25)23-14-8-7-11-4-3-9-29(27,28)20(11)17(14)24/h2,5-8,22-24H,3-4,9H2,1H3. The van der Waals surface area contributed by atoms with Gasteiger partial charge in [0.05, 0.1) is 11.4 Å². The van der Waals surface area contributed by atoms with Crippen molar-refractivity contribution in [3.05, 3.63) is 67.7 Å². The number of rotatable bonds is 4. The van der Waals surface area contributed by atoms with Gasteiger partial charge in [0, 0.05) is 11.3 Å². The van der Waals surface area contributed by atoms with E-state index in [9.17, 15) is 27.5 Å². The van der Waals surface area contributed by atoms with Crippen molar-refractivity contribution in [2.24, 2.45) is 0 Å². The molecule has 29 heavy (non-hydrogen) atoms. The van der Waals surface area contributed by atoms with E-state index in [1.54, 1.807) is 12.1 Å². The van der Waals surface area contributed by atoms with E-state index >= 15 is 0 Å². The summed E-state index contributed by atoms with van der Waals surface area (Å²) in [4.78, 5) is 23.9. The summed E-state index contributed by atoms with van der Waals surface area (Å²) in [5.74, 6) is -1.02. The van der Waals surface area contributed by atoms with Gasteiger partial charge in [0.25, 0.3) is 10.9 Å². The molecule has 3 N–H and O–H groups in total. The van der Waals surface area contributed by atoms with Gasteiger partial charge in [0.1, 0.15) is 22.1 Å². The molecule has 0 saturated carbocycles. The van der Waals surface area contributed by atoms with Crippen LogP contribution < -0.4 is 21.5 Å². The third kappa shape index (κ3) is 3.07. The summed E-state index contributed by atoms with van der Waals surface area (Å²) in [6.07, 6.45) is 0.995. The molecule has 0 radical (unpaired) electrons. The Bertz CT molecular complexity index is 1320. The fraction of sp³-hybridized carbons (Fsp3) is 0.200. The van der Waals surface area contributed by atoms with Crippen molar-refractivity contribution in [1.29, 1.82) is 0 Å². The molecule has 150 valence electrons. The van der Waals surface area contributed by atoms with Crippen molar-refractivity contribution in [1.82, 2.24) is 0 Å². The Hall–Kier alpha value is -3.20. The van der Waals surface area contributed by atoms with Crippen LogP contribution in [0.5, 0.6) is 5.75 Å². The summed E-state index contributed by atoms with van der Waals surface area (Å²) < 4.78 is 38.4. The first kappa shape index (κ1) is 19.1. The van der Waals surface area contributed by atoms with Crippen molar-refractivity contribution in [2.45, 2.75) is 24.7 Å². The molecule has 0 unspecified atom stereocenters. The van der Waals surface area contributed by atoms with Gasteiger partial charge in [0.2, 0.25) is 0 Å². The Morgan fingerprint density at radius 1 is 1.00 bits per heavy atom. The average molecular weight is 416 g/mol. The van der Waals surface area contributed by atoms with Gasteiger partial charge in [-0.15, -0.1) is 0 Å². The van der Waals surface area contributed by atoms with Gasteiger partial charge < -0.3 is 15.7 Å². The zero-order valence-electron chi connectivity index (χ0n) is 15.4. The van der Waals surface area contributed by atoms with Crippen LogP contribution in [0.15, 0.2) is 44.8 Å². The number of halogens is 1. The van der Waals surface area contributed by atoms with E-state index < -0.39 is 32.3 Å². The van der Waals surface area contributed by atoms with Gasteiger partial charge in [-0.2, -0.15) is 0 Å². The minimum absolute atomic E-state index is 0.000314. The van der Waals surface area contributed by atoms with Crippen LogP contribution in [-0.4, -0.2) is 19.3 Å². The van der Waals surface area contributed by atoms with E-state index in [0.717, 1.165) is 0 Å². The molecule has 1 aliphatic rings. The zero-order chi connectivity index (χ0) is 20.9. The van der Waals surface area contributed by atoms with Crippen molar-refractivity contribution in [3.8, 4) is 5.75 Å². The largest absolute Gasteiger partial charge is 0.504 e. The molecular weight excluding hydrogens is 399 g/mol. The maximum absolute atomic E-state index is 13.7. The lowest BCUT2D eigenvalue weighted by molar-refractivity contribution is 0.457. The monoisotopic (exact) mass is 416 g/mol. The normalized spacial score (nSPS) is 15.1. The highest BCUT2D eigenvalue weighted by atomic mass is 32.2. The highest BCUT2D eigenvalue weighted by Crippen LogP contribution is 2.40. The van der Waals surface area contributed by atoms with Gasteiger partial charge in [-0.25, -0.2) is 12.8 Å². The third-order valence-corrected chi connectivity index (χ3v) is 6.98. The number of phenols is 1. The second kappa shape index (κ2) is 6.70. The molecule has 3 aromatic rings. The van der Waals surface area contributed by atoms with Crippen LogP contribution in [0.2, 0.25) is 0 Å². The smallest absolute Gasteiger partial charge is 0.253 e. The van der Waals surface area contributed by atoms with Crippen molar-refractivity contribution >= 4 is 32.6 Å². The lowest BCUT2D eigenvalue weighted by Gasteiger charge is -2.21. The Balaban J connectivity index is 1.72. The predicted molar refractivity (Wildman–Crippen MR) is 108 cm³/mol. The topological polar surface area (TPSA) is 113 Å². The molecule has 0 amide bonds. The summed E-state index contributed by atoms with van der Waals surface area (Å²) in [6.45, 7) is 1.52. The molecule has 0 bridgehead atoms. The Kier molecular flexibility index (Phi) is 4.42. The van der Waals surface area contributed by atoms with E-state index in [-0.39, 0.29) is 33.3 Å². The molecule has 0 spiro atoms. The van der Waals surface area contributed by atoms with Crippen molar-refractivity contribution in [2.75, 3.05) is 16.4 Å². The van der Waals surface area contributed by atoms with Crippen LogP contribution in [0.4, 0.5) is 27.1 Å². The van der Waals surface area contributed by atoms with E-state index in [1.807, 2.05) is 0 Å². The van der Waals surface area contributed by atoms with Gasteiger partial charge >= 0.3 is 0 Å². The summed E-state index contributed by atoms with van der Waals surface area (Å²) in [7, 11) is -3.63. The Morgan fingerprint density at radius 2 is 1.66 bits per heavy atom. The Morgan fingerprint density at radius 3 is 2.34 bits per heavy atom. The molecule has 7 nitrogen and oxygen atoms in total. The number of hydrogen-bond acceptors (Lipinski definition) is 7. The lowest BCUT2D eigenvalue weighted by atomic mass is 10.1.